The van der Waals surface area contributed by atoms with Crippen molar-refractivity contribution in [2.24, 2.45) is 0 Å². The van der Waals surface area contributed by atoms with Crippen LogP contribution in [0.5, 0.6) is 0 Å². The normalized spacial score (nSPS) is 11.0. The molecule has 0 amide bonds. The summed E-state index contributed by atoms with van der Waals surface area (Å²) in [6.07, 6.45) is 12.2. The number of rotatable bonds is 14. The predicted molar refractivity (Wildman–Crippen MR) is 101 cm³/mol. The van der Waals surface area contributed by atoms with Crippen molar-refractivity contribution in [3.05, 3.63) is 25.3 Å². The van der Waals surface area contributed by atoms with Gasteiger partial charge in [-0.05, 0) is 38.5 Å². The van der Waals surface area contributed by atoms with Gasteiger partial charge in [0.05, 0.1) is 20.2 Å². The molecule has 0 saturated heterocycles. The van der Waals surface area contributed by atoms with Crippen molar-refractivity contribution < 1.29 is 25.9 Å². The summed E-state index contributed by atoms with van der Waals surface area (Å²) < 4.78 is 60.9. The Bertz CT molecular complexity index is 467. The maximum atomic E-state index is 10.1. The molecule has 0 fully saturated rings. The number of hydrogen-bond acceptors (Lipinski definition) is 6. The summed E-state index contributed by atoms with van der Waals surface area (Å²) in [6, 6.07) is 0. The van der Waals surface area contributed by atoms with Crippen LogP contribution in [-0.4, -0.2) is 75.2 Å². The fourth-order valence-electron chi connectivity index (χ4n) is 1.84. The van der Waals surface area contributed by atoms with Gasteiger partial charge >= 0.3 is 37.7 Å². The molecule has 0 aromatic rings. The predicted octanol–water partition coefficient (Wildman–Crippen LogP) is 2.96. The first-order valence-corrected chi connectivity index (χ1v) is 11.4. The summed E-state index contributed by atoms with van der Waals surface area (Å²) in [4.78, 5) is 0. The minimum Gasteiger partial charge on any atom is -0.748 e. The third-order valence-electron chi connectivity index (χ3n) is 3.11. The first kappa shape index (κ1) is 30.3. The van der Waals surface area contributed by atoms with Crippen LogP contribution in [0, 0.1) is 0 Å². The number of allylic oxidation sites excluding steroid dienone is 2. The molecule has 0 atom stereocenters. The van der Waals surface area contributed by atoms with E-state index in [4.69, 9.17) is 0 Å². The molecule has 0 aliphatic rings. The van der Waals surface area contributed by atoms with Crippen LogP contribution in [0.1, 0.15) is 64.2 Å². The Labute approximate surface area is 183 Å². The minimum absolute atomic E-state index is 0. The molecule has 0 aliphatic carbocycles. The van der Waals surface area contributed by atoms with Crippen molar-refractivity contribution in [3.8, 4) is 0 Å². The summed E-state index contributed by atoms with van der Waals surface area (Å²) in [7, 11) is -7.97. The fraction of sp³-hybridized carbons (Fsp3) is 0.750. The Morgan fingerprint density at radius 1 is 0.600 bits per heavy atom. The van der Waals surface area contributed by atoms with Gasteiger partial charge in [-0.1, -0.05) is 37.8 Å². The van der Waals surface area contributed by atoms with Crippen molar-refractivity contribution in [2.75, 3.05) is 11.5 Å². The van der Waals surface area contributed by atoms with Gasteiger partial charge in [0.25, 0.3) is 0 Å². The SMILES string of the molecule is C=CCCCCCCS(=O)(=O)[O-].C=CCCCCCCS(=O)(=O)[O-].[Ca+2]. The summed E-state index contributed by atoms with van der Waals surface area (Å²) in [5, 5.41) is 0. The Kier molecular flexibility index (Phi) is 23.4. The molecule has 144 valence electrons. The minimum atomic E-state index is -3.99. The van der Waals surface area contributed by atoms with Crippen molar-refractivity contribution in [2.45, 2.75) is 64.2 Å². The van der Waals surface area contributed by atoms with E-state index in [9.17, 15) is 25.9 Å². The largest absolute Gasteiger partial charge is 2.00 e. The zero-order chi connectivity index (χ0) is 18.9. The molecule has 0 heterocycles. The Morgan fingerprint density at radius 2 is 0.880 bits per heavy atom. The third-order valence-corrected chi connectivity index (χ3v) is 4.68. The van der Waals surface area contributed by atoms with Crippen LogP contribution in [0.3, 0.4) is 0 Å². The summed E-state index contributed by atoms with van der Waals surface area (Å²) in [5.41, 5.74) is 0. The molecular weight excluding hydrogens is 392 g/mol. The van der Waals surface area contributed by atoms with Gasteiger partial charge in [-0.25, -0.2) is 16.8 Å². The molecule has 0 saturated carbocycles. The average Bonchev–Trinajstić information content (AvgIpc) is 2.45. The van der Waals surface area contributed by atoms with Gasteiger partial charge in [0, 0.05) is 11.5 Å². The van der Waals surface area contributed by atoms with E-state index in [1.54, 1.807) is 0 Å². The molecule has 25 heavy (non-hydrogen) atoms. The van der Waals surface area contributed by atoms with Crippen LogP contribution in [0.15, 0.2) is 25.3 Å². The topological polar surface area (TPSA) is 114 Å². The second-order valence-electron chi connectivity index (χ2n) is 5.51. The third kappa shape index (κ3) is 36.3. The number of hydrogen-bond donors (Lipinski definition) is 0. The van der Waals surface area contributed by atoms with E-state index in [2.05, 4.69) is 13.2 Å². The summed E-state index contributed by atoms with van der Waals surface area (Å²) in [5.74, 6) is -0.442. The first-order valence-electron chi connectivity index (χ1n) is 8.21. The molecule has 0 aromatic carbocycles. The van der Waals surface area contributed by atoms with E-state index >= 15 is 0 Å². The van der Waals surface area contributed by atoms with Gasteiger partial charge < -0.3 is 9.11 Å². The van der Waals surface area contributed by atoms with E-state index in [1.165, 1.54) is 0 Å². The van der Waals surface area contributed by atoms with Crippen molar-refractivity contribution in [3.63, 3.8) is 0 Å². The molecule has 0 spiro atoms. The molecular formula is C16H30CaO6S2. The van der Waals surface area contributed by atoms with Gasteiger partial charge in [0.15, 0.2) is 0 Å². The van der Waals surface area contributed by atoms with E-state index in [0.29, 0.717) is 12.8 Å². The molecule has 0 N–H and O–H groups in total. The van der Waals surface area contributed by atoms with Crippen molar-refractivity contribution in [1.82, 2.24) is 0 Å². The molecule has 0 rings (SSSR count). The Morgan fingerprint density at radius 3 is 1.12 bits per heavy atom. The molecule has 0 unspecified atom stereocenters. The Hall–Kier alpha value is 0.560. The molecule has 9 heteroatoms. The van der Waals surface area contributed by atoms with Crippen LogP contribution in [0.25, 0.3) is 0 Å². The zero-order valence-corrected chi connectivity index (χ0v) is 18.9. The first-order chi connectivity index (χ1) is 11.1. The molecule has 0 aromatic heterocycles. The quantitative estimate of drug-likeness (QED) is 0.184. The summed E-state index contributed by atoms with van der Waals surface area (Å²) in [6.45, 7) is 7.14. The Balaban J connectivity index is -0.000000372. The van der Waals surface area contributed by atoms with E-state index in [0.717, 1.165) is 51.4 Å². The standard InChI is InChI=1S/2C8H16O3S.Ca/c2*1-2-3-4-5-6-7-8-12(9,10)11;/h2*2H,1,3-8H2,(H,9,10,11);/q;;+2/p-2. The van der Waals surface area contributed by atoms with Gasteiger partial charge in [0.2, 0.25) is 0 Å². The van der Waals surface area contributed by atoms with Crippen molar-refractivity contribution >= 4 is 58.0 Å². The van der Waals surface area contributed by atoms with Gasteiger partial charge in [-0.15, -0.1) is 13.2 Å². The van der Waals surface area contributed by atoms with Gasteiger partial charge in [-0.3, -0.25) is 0 Å². The second kappa shape index (κ2) is 19.3. The average molecular weight is 423 g/mol. The van der Waals surface area contributed by atoms with Crippen molar-refractivity contribution in [1.29, 1.82) is 0 Å². The van der Waals surface area contributed by atoms with Crippen LogP contribution in [0.4, 0.5) is 0 Å². The van der Waals surface area contributed by atoms with E-state index in [-0.39, 0.29) is 49.2 Å². The van der Waals surface area contributed by atoms with Crippen LogP contribution in [-0.2, 0) is 20.2 Å². The monoisotopic (exact) mass is 422 g/mol. The maximum absolute atomic E-state index is 10.1. The second-order valence-corrected chi connectivity index (χ2v) is 8.55. The zero-order valence-electron chi connectivity index (χ0n) is 15.0. The van der Waals surface area contributed by atoms with E-state index < -0.39 is 20.2 Å². The smallest absolute Gasteiger partial charge is 0.748 e. The van der Waals surface area contributed by atoms with Gasteiger partial charge in [-0.2, -0.15) is 0 Å². The van der Waals surface area contributed by atoms with Gasteiger partial charge in [0.1, 0.15) is 0 Å². The molecule has 0 radical (unpaired) electrons. The summed E-state index contributed by atoms with van der Waals surface area (Å²) >= 11 is 0. The molecule has 0 aliphatic heterocycles. The van der Waals surface area contributed by atoms with Crippen LogP contribution < -0.4 is 0 Å². The number of unbranched alkanes of at least 4 members (excludes halogenated alkanes) is 8. The molecule has 6 nitrogen and oxygen atoms in total. The van der Waals surface area contributed by atoms with Crippen LogP contribution in [0.2, 0.25) is 0 Å². The maximum Gasteiger partial charge on any atom is 2.00 e. The fourth-order valence-corrected chi connectivity index (χ4v) is 2.96. The van der Waals surface area contributed by atoms with E-state index in [1.807, 2.05) is 12.2 Å². The molecule has 0 bridgehead atoms. The van der Waals surface area contributed by atoms with Crippen LogP contribution >= 0.6 is 0 Å².